The first-order valence-corrected chi connectivity index (χ1v) is 4.46. The molecule has 0 saturated heterocycles. The summed E-state index contributed by atoms with van der Waals surface area (Å²) in [6.07, 6.45) is 0. The van der Waals surface area contributed by atoms with Gasteiger partial charge in [-0.3, -0.25) is 0 Å². The summed E-state index contributed by atoms with van der Waals surface area (Å²) >= 11 is 3.00. The molecular weight excluding hydrogens is 260 g/mol. The maximum atomic E-state index is 12.0. The van der Waals surface area contributed by atoms with E-state index in [4.69, 9.17) is 4.42 Å². The van der Waals surface area contributed by atoms with Crippen molar-refractivity contribution in [3.63, 3.8) is 0 Å². The van der Waals surface area contributed by atoms with Crippen LogP contribution in [0.4, 0.5) is 8.78 Å². The number of benzene rings is 1. The van der Waals surface area contributed by atoms with Gasteiger partial charge in [-0.15, -0.1) is 0 Å². The van der Waals surface area contributed by atoms with Gasteiger partial charge in [0, 0.05) is 15.9 Å². The van der Waals surface area contributed by atoms with Gasteiger partial charge in [-0.25, -0.2) is 0 Å². The van der Waals surface area contributed by atoms with Gasteiger partial charge in [0.25, 0.3) is 4.80 Å². The smallest absolute Gasteiger partial charge is 0.387 e. The van der Waals surface area contributed by atoms with Crippen molar-refractivity contribution in [1.29, 1.82) is 0 Å². The lowest BCUT2D eigenvalue weighted by Gasteiger charge is -2.02. The third kappa shape index (κ3) is 1.70. The first-order chi connectivity index (χ1) is 6.66. The van der Waals surface area contributed by atoms with E-state index in [1.807, 2.05) is 0 Å². The highest BCUT2D eigenvalue weighted by Crippen LogP contribution is 2.28. The van der Waals surface area contributed by atoms with Crippen LogP contribution in [0.1, 0.15) is 0 Å². The lowest BCUT2D eigenvalue weighted by molar-refractivity contribution is -0.0489. The van der Waals surface area contributed by atoms with Crippen molar-refractivity contribution in [3.05, 3.63) is 23.0 Å². The minimum absolute atomic E-state index is 0.00644. The van der Waals surface area contributed by atoms with E-state index in [2.05, 4.69) is 25.7 Å². The van der Waals surface area contributed by atoms with E-state index in [9.17, 15) is 8.78 Å². The molecule has 0 radical (unpaired) electrons. The number of alkyl halides is 2. The number of fused-ring (bicyclic) bond motifs is 1. The molecule has 0 atom stereocenters. The molecule has 1 aromatic carbocycles. The SMILES string of the molecule is FC(F)Oc1cccc2oc(Br)nc12. The van der Waals surface area contributed by atoms with Crippen molar-refractivity contribution in [2.75, 3.05) is 0 Å². The van der Waals surface area contributed by atoms with Crippen LogP contribution in [0.2, 0.25) is 0 Å². The highest BCUT2D eigenvalue weighted by molar-refractivity contribution is 9.10. The Morgan fingerprint density at radius 2 is 2.21 bits per heavy atom. The molecule has 0 aliphatic carbocycles. The van der Waals surface area contributed by atoms with E-state index in [1.165, 1.54) is 6.07 Å². The van der Waals surface area contributed by atoms with Gasteiger partial charge in [-0.2, -0.15) is 13.8 Å². The predicted octanol–water partition coefficient (Wildman–Crippen LogP) is 3.19. The minimum atomic E-state index is -2.86. The van der Waals surface area contributed by atoms with Gasteiger partial charge in [0.05, 0.1) is 0 Å². The molecule has 1 heterocycles. The second-order valence-corrected chi connectivity index (χ2v) is 3.13. The van der Waals surface area contributed by atoms with Crippen LogP contribution in [-0.2, 0) is 0 Å². The zero-order chi connectivity index (χ0) is 10.1. The lowest BCUT2D eigenvalue weighted by atomic mass is 10.3. The Kier molecular flexibility index (Phi) is 2.37. The van der Waals surface area contributed by atoms with Gasteiger partial charge in [0.1, 0.15) is 0 Å². The molecule has 0 unspecified atom stereocenters. The van der Waals surface area contributed by atoms with Crippen LogP contribution in [-0.4, -0.2) is 11.6 Å². The number of aromatic nitrogens is 1. The Morgan fingerprint density at radius 1 is 1.43 bits per heavy atom. The van der Waals surface area contributed by atoms with Crippen LogP contribution < -0.4 is 4.74 Å². The first-order valence-electron chi connectivity index (χ1n) is 3.66. The lowest BCUT2D eigenvalue weighted by Crippen LogP contribution is -2.02. The second kappa shape index (κ2) is 3.53. The van der Waals surface area contributed by atoms with Crippen molar-refractivity contribution in [1.82, 2.24) is 4.98 Å². The van der Waals surface area contributed by atoms with E-state index in [1.54, 1.807) is 12.1 Å². The van der Waals surface area contributed by atoms with E-state index in [0.717, 1.165) is 0 Å². The summed E-state index contributed by atoms with van der Waals surface area (Å²) in [5.41, 5.74) is 0.676. The van der Waals surface area contributed by atoms with Gasteiger partial charge in [0.2, 0.25) is 0 Å². The molecule has 0 aliphatic rings. The normalized spacial score (nSPS) is 11.1. The zero-order valence-corrected chi connectivity index (χ0v) is 8.29. The quantitative estimate of drug-likeness (QED) is 0.835. The van der Waals surface area contributed by atoms with Crippen LogP contribution in [0.5, 0.6) is 5.75 Å². The number of halogens is 3. The molecule has 0 N–H and O–H groups in total. The summed E-state index contributed by atoms with van der Waals surface area (Å²) < 4.78 is 33.3. The van der Waals surface area contributed by atoms with Crippen molar-refractivity contribution < 1.29 is 17.9 Å². The number of hydrogen-bond donors (Lipinski definition) is 0. The van der Waals surface area contributed by atoms with Crippen molar-refractivity contribution in [3.8, 4) is 5.75 Å². The van der Waals surface area contributed by atoms with Gasteiger partial charge < -0.3 is 9.15 Å². The molecule has 0 spiro atoms. The molecule has 0 fully saturated rings. The molecule has 14 heavy (non-hydrogen) atoms. The topological polar surface area (TPSA) is 35.3 Å². The average molecular weight is 264 g/mol. The molecule has 0 aliphatic heterocycles. The molecule has 2 rings (SSSR count). The molecule has 74 valence electrons. The third-order valence-corrected chi connectivity index (χ3v) is 1.91. The maximum absolute atomic E-state index is 12.0. The van der Waals surface area contributed by atoms with Gasteiger partial charge in [0.15, 0.2) is 16.8 Å². The summed E-state index contributed by atoms with van der Waals surface area (Å²) in [6.45, 7) is -2.86. The maximum Gasteiger partial charge on any atom is 0.387 e. The molecule has 3 nitrogen and oxygen atoms in total. The van der Waals surface area contributed by atoms with E-state index in [0.29, 0.717) is 5.58 Å². The fraction of sp³-hybridized carbons (Fsp3) is 0.125. The predicted molar refractivity (Wildman–Crippen MR) is 48.3 cm³/mol. The first kappa shape index (κ1) is 9.39. The third-order valence-electron chi connectivity index (χ3n) is 1.57. The van der Waals surface area contributed by atoms with Gasteiger partial charge >= 0.3 is 6.61 Å². The average Bonchev–Trinajstić information content (AvgIpc) is 2.45. The van der Waals surface area contributed by atoms with Gasteiger partial charge in [-0.05, 0) is 12.1 Å². The largest absolute Gasteiger partial charge is 0.432 e. The highest BCUT2D eigenvalue weighted by Gasteiger charge is 2.12. The number of nitrogens with zero attached hydrogens (tertiary/aromatic N) is 1. The number of rotatable bonds is 2. The molecule has 2 aromatic rings. The summed E-state index contributed by atoms with van der Waals surface area (Å²) in [5, 5.41) is 0. The Balaban J connectivity index is 2.53. The second-order valence-electron chi connectivity index (χ2n) is 2.45. The fourth-order valence-electron chi connectivity index (χ4n) is 1.09. The monoisotopic (exact) mass is 263 g/mol. The van der Waals surface area contributed by atoms with Crippen molar-refractivity contribution >= 4 is 27.0 Å². The number of ether oxygens (including phenoxy) is 1. The molecule has 0 saturated carbocycles. The summed E-state index contributed by atoms with van der Waals surface area (Å²) in [6, 6.07) is 4.58. The van der Waals surface area contributed by atoms with Crippen LogP contribution in [0.25, 0.3) is 11.1 Å². The molecule has 0 bridgehead atoms. The van der Waals surface area contributed by atoms with E-state index in [-0.39, 0.29) is 16.1 Å². The zero-order valence-electron chi connectivity index (χ0n) is 6.71. The minimum Gasteiger partial charge on any atom is -0.432 e. The Hall–Kier alpha value is -1.17. The van der Waals surface area contributed by atoms with E-state index >= 15 is 0 Å². The Labute approximate surface area is 85.8 Å². The molecular formula is C8H4BrF2NO2. The number of hydrogen-bond acceptors (Lipinski definition) is 3. The van der Waals surface area contributed by atoms with Crippen molar-refractivity contribution in [2.24, 2.45) is 0 Å². The van der Waals surface area contributed by atoms with E-state index < -0.39 is 6.61 Å². The Bertz CT molecular complexity index is 458. The molecule has 6 heteroatoms. The van der Waals surface area contributed by atoms with Crippen LogP contribution >= 0.6 is 15.9 Å². The molecule has 0 amide bonds. The highest BCUT2D eigenvalue weighted by atomic mass is 79.9. The molecule has 1 aromatic heterocycles. The summed E-state index contributed by atoms with van der Waals surface area (Å²) in [7, 11) is 0. The number of oxazole rings is 1. The summed E-state index contributed by atoms with van der Waals surface area (Å²) in [5.74, 6) is 0.00644. The Morgan fingerprint density at radius 3 is 2.93 bits per heavy atom. The number of para-hydroxylation sites is 1. The fourth-order valence-corrected chi connectivity index (χ4v) is 1.44. The van der Waals surface area contributed by atoms with Crippen LogP contribution in [0.3, 0.4) is 0 Å². The van der Waals surface area contributed by atoms with Crippen molar-refractivity contribution in [2.45, 2.75) is 6.61 Å². The van der Waals surface area contributed by atoms with Crippen LogP contribution in [0.15, 0.2) is 27.4 Å². The summed E-state index contributed by atoms with van der Waals surface area (Å²) in [4.78, 5) is 4.09. The van der Waals surface area contributed by atoms with Crippen LogP contribution in [0, 0.1) is 0 Å². The van der Waals surface area contributed by atoms with Gasteiger partial charge in [-0.1, -0.05) is 6.07 Å². The standard InChI is InChI=1S/C8H4BrF2NO2/c9-7-12-6-4(13-7)2-1-3-5(6)14-8(10)11/h1-3,8H.